The fourth-order valence-electron chi connectivity index (χ4n) is 2.04. The van der Waals surface area contributed by atoms with Gasteiger partial charge in [-0.05, 0) is 13.0 Å². The zero-order chi connectivity index (χ0) is 17.1. The fourth-order valence-corrected chi connectivity index (χ4v) is 2.04. The minimum absolute atomic E-state index is 0.612. The number of aliphatic carboxylic acids is 3. The Morgan fingerprint density at radius 3 is 2.32 bits per heavy atom. The molecule has 0 fully saturated rings. The van der Waals surface area contributed by atoms with Crippen molar-refractivity contribution in [3.8, 4) is 0 Å². The first-order valence-corrected chi connectivity index (χ1v) is 6.10. The summed E-state index contributed by atoms with van der Waals surface area (Å²) >= 11 is 0. The van der Waals surface area contributed by atoms with E-state index in [1.807, 2.05) is 0 Å². The van der Waals surface area contributed by atoms with Gasteiger partial charge in [-0.25, -0.2) is 9.59 Å². The summed E-state index contributed by atoms with van der Waals surface area (Å²) in [6, 6.07) is 0. The van der Waals surface area contributed by atoms with Crippen LogP contribution in [0.2, 0.25) is 0 Å². The fraction of sp³-hybridized carbons (Fsp3) is 0.286. The Hall–Kier alpha value is -2.90. The van der Waals surface area contributed by atoms with E-state index < -0.39 is 46.9 Å². The minimum Gasteiger partial charge on any atom is -0.481 e. The van der Waals surface area contributed by atoms with E-state index in [1.165, 1.54) is 6.92 Å². The van der Waals surface area contributed by atoms with Crippen LogP contribution in [0.1, 0.15) is 6.92 Å². The first kappa shape index (κ1) is 17.2. The molecular weight excluding hydrogens is 296 g/mol. The van der Waals surface area contributed by atoms with Gasteiger partial charge in [0.2, 0.25) is 0 Å². The van der Waals surface area contributed by atoms with E-state index in [0.29, 0.717) is 0 Å². The van der Waals surface area contributed by atoms with Crippen LogP contribution in [0.4, 0.5) is 0 Å². The lowest BCUT2D eigenvalue weighted by Crippen LogP contribution is -2.43. The molecule has 0 amide bonds. The third kappa shape index (κ3) is 3.05. The van der Waals surface area contributed by atoms with Crippen LogP contribution in [-0.4, -0.2) is 45.3 Å². The summed E-state index contributed by atoms with van der Waals surface area (Å²) in [4.78, 5) is 45.0. The monoisotopic (exact) mass is 310 g/mol. The second-order valence-corrected chi connectivity index (χ2v) is 4.60. The van der Waals surface area contributed by atoms with Crippen molar-refractivity contribution in [1.82, 2.24) is 0 Å². The molecule has 0 saturated carbocycles. The molecule has 0 aromatic rings. The van der Waals surface area contributed by atoms with Crippen LogP contribution in [-0.2, 0) is 23.9 Å². The summed E-state index contributed by atoms with van der Waals surface area (Å²) in [6.45, 7) is 4.44. The average molecular weight is 310 g/mol. The Bertz CT molecular complexity index is 600. The van der Waals surface area contributed by atoms with Gasteiger partial charge in [0.25, 0.3) is 0 Å². The Balaban J connectivity index is 3.36. The summed E-state index contributed by atoms with van der Waals surface area (Å²) in [7, 11) is 0. The lowest BCUT2D eigenvalue weighted by atomic mass is 9.74. The number of carbonyl (C=O) groups is 4. The first-order chi connectivity index (χ1) is 10.2. The van der Waals surface area contributed by atoms with Crippen molar-refractivity contribution in [3.63, 3.8) is 0 Å². The number of rotatable bonds is 6. The Labute approximate surface area is 125 Å². The number of carboxylic acids is 3. The third-order valence-corrected chi connectivity index (χ3v) is 3.31. The van der Waals surface area contributed by atoms with Crippen LogP contribution in [0.3, 0.4) is 0 Å². The number of hydrogen-bond acceptors (Lipinski definition) is 5. The molecule has 1 rings (SSSR count). The Morgan fingerprint density at radius 2 is 1.91 bits per heavy atom. The van der Waals surface area contributed by atoms with Crippen molar-refractivity contribution in [2.45, 2.75) is 13.0 Å². The lowest BCUT2D eigenvalue weighted by Gasteiger charge is -2.32. The highest BCUT2D eigenvalue weighted by molar-refractivity contribution is 5.97. The Kier molecular flexibility index (Phi) is 4.87. The van der Waals surface area contributed by atoms with Gasteiger partial charge in [0.15, 0.2) is 0 Å². The molecule has 3 unspecified atom stereocenters. The van der Waals surface area contributed by atoms with E-state index in [0.717, 1.165) is 24.3 Å². The molecule has 8 nitrogen and oxygen atoms in total. The van der Waals surface area contributed by atoms with Crippen molar-refractivity contribution in [2.24, 2.45) is 11.3 Å². The van der Waals surface area contributed by atoms with Crippen molar-refractivity contribution < 1.29 is 39.2 Å². The lowest BCUT2D eigenvalue weighted by molar-refractivity contribution is -0.157. The zero-order valence-corrected chi connectivity index (χ0v) is 11.6. The second kappa shape index (κ2) is 6.25. The molecule has 118 valence electrons. The first-order valence-electron chi connectivity index (χ1n) is 6.10. The number of ether oxygens (including phenoxy) is 1. The average Bonchev–Trinajstić information content (AvgIpc) is 2.45. The highest BCUT2D eigenvalue weighted by atomic mass is 16.5. The van der Waals surface area contributed by atoms with Gasteiger partial charge >= 0.3 is 23.9 Å². The maximum Gasteiger partial charge on any atom is 0.332 e. The van der Waals surface area contributed by atoms with E-state index >= 15 is 0 Å². The summed E-state index contributed by atoms with van der Waals surface area (Å²) in [6.07, 6.45) is 2.33. The number of esters is 1. The molecule has 0 aromatic carbocycles. The smallest absolute Gasteiger partial charge is 0.332 e. The molecule has 1 aliphatic carbocycles. The molecule has 3 atom stereocenters. The van der Waals surface area contributed by atoms with E-state index in [2.05, 4.69) is 6.58 Å². The molecular formula is C14H14O8. The molecule has 3 N–H and O–H groups in total. The van der Waals surface area contributed by atoms with Crippen LogP contribution in [0, 0.1) is 11.3 Å². The van der Waals surface area contributed by atoms with Gasteiger partial charge in [-0.1, -0.05) is 18.7 Å². The quantitative estimate of drug-likeness (QED) is 0.365. The van der Waals surface area contributed by atoms with Crippen LogP contribution in [0.5, 0.6) is 0 Å². The maximum absolute atomic E-state index is 11.6. The van der Waals surface area contributed by atoms with Gasteiger partial charge in [0.1, 0.15) is 17.4 Å². The van der Waals surface area contributed by atoms with E-state index in [9.17, 15) is 24.3 Å². The second-order valence-electron chi connectivity index (χ2n) is 4.60. The van der Waals surface area contributed by atoms with Crippen molar-refractivity contribution >= 4 is 23.9 Å². The van der Waals surface area contributed by atoms with Crippen LogP contribution in [0.15, 0.2) is 36.5 Å². The summed E-state index contributed by atoms with van der Waals surface area (Å²) in [5.41, 5.74) is -2.59. The summed E-state index contributed by atoms with van der Waals surface area (Å²) in [5, 5.41) is 27.5. The van der Waals surface area contributed by atoms with Crippen LogP contribution in [0.25, 0.3) is 0 Å². The summed E-state index contributed by atoms with van der Waals surface area (Å²) in [5.74, 6) is -6.83. The largest absolute Gasteiger partial charge is 0.481 e. The van der Waals surface area contributed by atoms with Gasteiger partial charge in [0, 0.05) is 6.08 Å². The van der Waals surface area contributed by atoms with Crippen molar-refractivity contribution in [3.05, 3.63) is 36.5 Å². The predicted octanol–water partition coefficient (Wildman–Crippen LogP) is 0.457. The Morgan fingerprint density at radius 1 is 1.32 bits per heavy atom. The van der Waals surface area contributed by atoms with E-state index in [1.54, 1.807) is 0 Å². The molecule has 0 heterocycles. The van der Waals surface area contributed by atoms with E-state index in [4.69, 9.17) is 14.9 Å². The minimum atomic E-state index is -1.97. The molecule has 22 heavy (non-hydrogen) atoms. The maximum atomic E-state index is 11.6. The van der Waals surface area contributed by atoms with E-state index in [-0.39, 0.29) is 0 Å². The predicted molar refractivity (Wildman–Crippen MR) is 71.8 cm³/mol. The molecule has 8 heteroatoms. The summed E-state index contributed by atoms with van der Waals surface area (Å²) < 4.78 is 4.85. The van der Waals surface area contributed by atoms with Gasteiger partial charge in [0.05, 0.1) is 5.57 Å². The molecule has 0 aromatic heterocycles. The standard InChI is InChI=1S/C14H14O8/c1-3-10(15)22-7(2)14(13(20)21)5-4-8(11(16)17)9(6-14)12(18)19/h3-8H,1H2,2H3,(H,16,17)(H,18,19)(H,20,21). The van der Waals surface area contributed by atoms with Crippen LogP contribution >= 0.6 is 0 Å². The molecule has 0 radical (unpaired) electrons. The highest BCUT2D eigenvalue weighted by Crippen LogP contribution is 2.37. The SMILES string of the molecule is C=CC(=O)OC(C)C1(C(=O)O)C=CC(C(=O)O)C(C(=O)O)=C1. The van der Waals surface area contributed by atoms with Gasteiger partial charge in [-0.2, -0.15) is 0 Å². The zero-order valence-electron chi connectivity index (χ0n) is 11.6. The van der Waals surface area contributed by atoms with Gasteiger partial charge < -0.3 is 20.1 Å². The van der Waals surface area contributed by atoms with Crippen molar-refractivity contribution in [1.29, 1.82) is 0 Å². The molecule has 1 aliphatic rings. The normalized spacial score (nSPS) is 24.8. The van der Waals surface area contributed by atoms with Crippen molar-refractivity contribution in [2.75, 3.05) is 0 Å². The number of hydrogen-bond donors (Lipinski definition) is 3. The topological polar surface area (TPSA) is 138 Å². The molecule has 0 aliphatic heterocycles. The van der Waals surface area contributed by atoms with Crippen LogP contribution < -0.4 is 0 Å². The highest BCUT2D eigenvalue weighted by Gasteiger charge is 2.46. The third-order valence-electron chi connectivity index (χ3n) is 3.31. The number of carbonyl (C=O) groups excluding carboxylic acids is 1. The van der Waals surface area contributed by atoms with Gasteiger partial charge in [-0.3, -0.25) is 9.59 Å². The van der Waals surface area contributed by atoms with Gasteiger partial charge in [-0.15, -0.1) is 0 Å². The molecule has 0 saturated heterocycles. The molecule has 0 bridgehead atoms. The number of carboxylic acid groups (broad SMARTS) is 3. The molecule has 0 spiro atoms.